The van der Waals surface area contributed by atoms with Gasteiger partial charge in [0, 0.05) is 28.1 Å². The van der Waals surface area contributed by atoms with Crippen LogP contribution in [0.2, 0.25) is 0 Å². The largest absolute Gasteiger partial charge is 0.396 e. The zero-order chi connectivity index (χ0) is 22.1. The fourth-order valence-electron chi connectivity index (χ4n) is 2.86. The fourth-order valence-corrected chi connectivity index (χ4v) is 3.72. The Bertz CT molecular complexity index is 819. The molecule has 3 rings (SSSR count). The molecule has 3 N–H and O–H groups in total. The highest BCUT2D eigenvalue weighted by molar-refractivity contribution is 14.1. The highest BCUT2D eigenvalue weighted by Crippen LogP contribution is 2.35. The lowest BCUT2D eigenvalue weighted by atomic mass is 10.2. The van der Waals surface area contributed by atoms with Gasteiger partial charge in [-0.15, -0.1) is 0 Å². The van der Waals surface area contributed by atoms with Crippen molar-refractivity contribution < 1.29 is 6.17 Å². The molecular formula is C21H28Br2IN3O. The van der Waals surface area contributed by atoms with Crippen LogP contribution in [0.4, 0.5) is 17.1 Å². The molecular weight excluding hydrogens is 597 g/mol. The maximum absolute atomic E-state index is 11.7. The van der Waals surface area contributed by atoms with Crippen LogP contribution in [0.25, 0.3) is 0 Å². The highest BCUT2D eigenvalue weighted by atomic mass is 127. The van der Waals surface area contributed by atoms with Gasteiger partial charge in [0.2, 0.25) is 5.91 Å². The average Bonchev–Trinajstić information content (AvgIpc) is 2.97. The summed E-state index contributed by atoms with van der Waals surface area (Å²) in [6.07, 6.45) is 0.523. The van der Waals surface area contributed by atoms with Gasteiger partial charge in [0.15, 0.2) is 0 Å². The highest BCUT2D eigenvalue weighted by Gasteiger charge is 2.30. The summed E-state index contributed by atoms with van der Waals surface area (Å²) in [5, 5.41) is 3.26. The smallest absolute Gasteiger partial charge is 0.231 e. The Labute approximate surface area is 200 Å². The van der Waals surface area contributed by atoms with E-state index in [-0.39, 0.29) is 11.9 Å². The first kappa shape index (κ1) is 23.5. The lowest BCUT2D eigenvalue weighted by molar-refractivity contribution is -0.117. The molecule has 0 fully saturated rings. The summed E-state index contributed by atoms with van der Waals surface area (Å²) >= 11 is 8.80. The zero-order valence-electron chi connectivity index (χ0n) is 17.6. The van der Waals surface area contributed by atoms with Gasteiger partial charge in [-0.3, -0.25) is 4.79 Å². The number of benzene rings is 2. The van der Waals surface area contributed by atoms with E-state index >= 15 is 0 Å². The van der Waals surface area contributed by atoms with Crippen LogP contribution in [0.5, 0.6) is 0 Å². The third kappa shape index (κ3) is 6.62. The molecule has 0 aliphatic carbocycles. The van der Waals surface area contributed by atoms with Crippen LogP contribution < -0.4 is 16.0 Å². The number of carbonyl (C=O) groups is 1. The average molecular weight is 626 g/mol. The van der Waals surface area contributed by atoms with E-state index in [1.54, 1.807) is 0 Å². The van der Waals surface area contributed by atoms with E-state index < -0.39 is 0 Å². The Hall–Kier alpha value is -0.800. The number of carbonyl (C=O) groups excluding carboxylic acids is 1. The summed E-state index contributed by atoms with van der Waals surface area (Å²) in [5.41, 5.74) is 9.75. The van der Waals surface area contributed by atoms with Crippen molar-refractivity contribution >= 4 is 77.4 Å². The number of rotatable bonds is 3. The molecule has 0 aromatic heterocycles. The zero-order valence-corrected chi connectivity index (χ0v) is 21.9. The number of hydrogen-bond acceptors (Lipinski definition) is 3. The van der Waals surface area contributed by atoms with Gasteiger partial charge in [0.05, 0.1) is 17.8 Å². The second kappa shape index (κ2) is 12.0. The molecule has 0 spiro atoms. The molecule has 1 amide bonds. The van der Waals surface area contributed by atoms with E-state index in [1.807, 2.05) is 77.7 Å². The van der Waals surface area contributed by atoms with Crippen molar-refractivity contribution in [1.29, 1.82) is 0 Å². The number of amides is 1. The molecule has 7 heteroatoms. The Kier molecular flexibility index (Phi) is 10.1. The standard InChI is InChI=1S/C11H12BrNO.C9H13BrN2.CH3I/c1-7(2)13-10-5-3-4-9(12)8(10)6-11(13)14;1-6(2)12-8-5-3-4-7(10)9(8)11;1-2/h3-5,7H,6H2,1-2H3;3-6,12H,11H2,1-2H3;1H3/i;;1D. The minimum Gasteiger partial charge on any atom is -0.396 e. The van der Waals surface area contributed by atoms with Crippen LogP contribution >= 0.6 is 54.5 Å². The number of hydrogen-bond donors (Lipinski definition) is 2. The van der Waals surface area contributed by atoms with E-state index in [0.29, 0.717) is 17.4 Å². The molecule has 0 radical (unpaired) electrons. The lowest BCUT2D eigenvalue weighted by Crippen LogP contribution is -2.33. The van der Waals surface area contributed by atoms with Crippen LogP contribution in [-0.2, 0) is 11.2 Å². The Morgan fingerprint density at radius 1 is 1.14 bits per heavy atom. The number of anilines is 3. The summed E-state index contributed by atoms with van der Waals surface area (Å²) in [6.45, 7) is 8.24. The van der Waals surface area contributed by atoms with Crippen molar-refractivity contribution in [3.8, 4) is 0 Å². The molecule has 154 valence electrons. The number of nitrogens with zero attached hydrogens (tertiary/aromatic N) is 1. The van der Waals surface area contributed by atoms with Crippen molar-refractivity contribution in [3.63, 3.8) is 0 Å². The predicted molar refractivity (Wildman–Crippen MR) is 138 cm³/mol. The maximum atomic E-state index is 11.7. The normalized spacial score (nSPS) is 12.7. The van der Waals surface area contributed by atoms with E-state index in [0.717, 1.165) is 31.6 Å². The first-order chi connectivity index (χ1) is 13.6. The quantitative estimate of drug-likeness (QED) is 0.228. The second-order valence-electron chi connectivity index (χ2n) is 6.77. The molecule has 1 aliphatic heterocycles. The van der Waals surface area contributed by atoms with E-state index in [1.165, 1.54) is 0 Å². The Morgan fingerprint density at radius 3 is 2.29 bits per heavy atom. The van der Waals surface area contributed by atoms with Crippen LogP contribution in [0, 0.1) is 0 Å². The van der Waals surface area contributed by atoms with Crippen LogP contribution in [-0.4, -0.2) is 22.9 Å². The summed E-state index contributed by atoms with van der Waals surface area (Å²) in [4.78, 5) is 14.1. The third-order valence-electron chi connectivity index (χ3n) is 3.96. The van der Waals surface area contributed by atoms with Crippen LogP contribution in [0.1, 0.15) is 34.6 Å². The topological polar surface area (TPSA) is 58.4 Å². The predicted octanol–water partition coefficient (Wildman–Crippen LogP) is 6.65. The molecule has 0 bridgehead atoms. The molecule has 28 heavy (non-hydrogen) atoms. The van der Waals surface area contributed by atoms with Crippen molar-refractivity contribution in [1.82, 2.24) is 0 Å². The van der Waals surface area contributed by atoms with Crippen molar-refractivity contribution in [2.24, 2.45) is 0 Å². The summed E-state index contributed by atoms with van der Waals surface area (Å²) < 4.78 is 8.17. The Balaban J connectivity index is 0.000000259. The monoisotopic (exact) mass is 624 g/mol. The number of para-hydroxylation sites is 1. The van der Waals surface area contributed by atoms with Crippen LogP contribution in [0.15, 0.2) is 45.3 Å². The van der Waals surface area contributed by atoms with Gasteiger partial charge in [0.1, 0.15) is 0 Å². The number of alkyl halides is 1. The van der Waals surface area contributed by atoms with Gasteiger partial charge in [-0.05, 0) is 78.4 Å². The maximum Gasteiger partial charge on any atom is 0.231 e. The van der Waals surface area contributed by atoms with E-state index in [4.69, 9.17) is 7.10 Å². The molecule has 0 saturated carbocycles. The minimum absolute atomic E-state index is 0.196. The first-order valence-electron chi connectivity index (χ1n) is 9.59. The molecule has 0 atom stereocenters. The summed E-state index contributed by atoms with van der Waals surface area (Å²) in [7, 11) is 0. The summed E-state index contributed by atoms with van der Waals surface area (Å²) in [5.74, 6) is 0.196. The van der Waals surface area contributed by atoms with Gasteiger partial charge in [-0.25, -0.2) is 0 Å². The van der Waals surface area contributed by atoms with Crippen molar-refractivity contribution in [3.05, 3.63) is 50.9 Å². The van der Waals surface area contributed by atoms with Gasteiger partial charge < -0.3 is 16.0 Å². The number of nitrogens with two attached hydrogens (primary N) is 1. The number of halogens is 3. The molecule has 2 aromatic rings. The van der Waals surface area contributed by atoms with Gasteiger partial charge in [-0.1, -0.05) is 50.7 Å². The number of fused-ring (bicyclic) bond motifs is 1. The molecule has 1 aliphatic rings. The Morgan fingerprint density at radius 2 is 1.71 bits per heavy atom. The van der Waals surface area contributed by atoms with Gasteiger partial charge in [0.25, 0.3) is 0 Å². The molecule has 4 nitrogen and oxygen atoms in total. The van der Waals surface area contributed by atoms with Gasteiger partial charge in [-0.2, -0.15) is 0 Å². The molecule has 0 unspecified atom stereocenters. The SMILES string of the molecule is CC(C)N1C(=O)Cc2c(Br)cccc21.CC(C)Nc1cccc(Br)c1N.[2H]CI. The summed E-state index contributed by atoms with van der Waals surface area (Å²) in [6, 6.07) is 12.5. The fraction of sp³-hybridized carbons (Fsp3) is 0.381. The number of nitrogen functional groups attached to an aromatic ring is 1. The van der Waals surface area contributed by atoms with E-state index in [2.05, 4.69) is 51.0 Å². The van der Waals surface area contributed by atoms with Crippen LogP contribution in [0.3, 0.4) is 0 Å². The first-order valence-corrected chi connectivity index (χ1v) is 12.0. The number of nitrogens with one attached hydrogen (secondary N) is 1. The molecule has 2 aromatic carbocycles. The van der Waals surface area contributed by atoms with Crippen molar-refractivity contribution in [2.45, 2.75) is 46.2 Å². The minimum atomic E-state index is 0.196. The van der Waals surface area contributed by atoms with Gasteiger partial charge >= 0.3 is 0 Å². The lowest BCUT2D eigenvalue weighted by Gasteiger charge is -2.21. The second-order valence-corrected chi connectivity index (χ2v) is 8.48. The molecule has 0 saturated heterocycles. The van der Waals surface area contributed by atoms with E-state index in [9.17, 15) is 4.79 Å². The van der Waals surface area contributed by atoms with Crippen molar-refractivity contribution in [2.75, 3.05) is 20.9 Å². The third-order valence-corrected chi connectivity index (χ3v) is 5.40. The molecule has 1 heterocycles.